The molecule has 1 aliphatic rings. The first-order valence-electron chi connectivity index (χ1n) is 8.88. The van der Waals surface area contributed by atoms with Gasteiger partial charge in [-0.1, -0.05) is 23.2 Å². The first kappa shape index (κ1) is 21.0. The van der Waals surface area contributed by atoms with Crippen LogP contribution in [0, 0.1) is 0 Å². The van der Waals surface area contributed by atoms with Crippen LogP contribution in [0.15, 0.2) is 41.3 Å². The minimum absolute atomic E-state index is 0.0357. The van der Waals surface area contributed by atoms with E-state index in [-0.39, 0.29) is 21.6 Å². The third-order valence-corrected chi connectivity index (χ3v) is 7.30. The zero-order valence-electron chi connectivity index (χ0n) is 15.6. The minimum atomic E-state index is -3.51. The Morgan fingerprint density at radius 1 is 1.07 bits per heavy atom. The first-order valence-corrected chi connectivity index (χ1v) is 11.3. The molecule has 28 heavy (non-hydrogen) atoms. The second-order valence-corrected chi connectivity index (χ2v) is 10.2. The molecule has 0 saturated carbocycles. The molecule has 2 aromatic rings. The van der Waals surface area contributed by atoms with Crippen molar-refractivity contribution in [3.8, 4) is 5.75 Å². The van der Waals surface area contributed by atoms with Gasteiger partial charge in [-0.15, -0.1) is 0 Å². The molecule has 5 nitrogen and oxygen atoms in total. The normalized spacial score (nSPS) is 15.2. The van der Waals surface area contributed by atoms with Gasteiger partial charge in [-0.2, -0.15) is 0 Å². The second kappa shape index (κ2) is 7.93. The lowest BCUT2D eigenvalue weighted by molar-refractivity contribution is -0.119. The number of hydrogen-bond acceptors (Lipinski definition) is 4. The van der Waals surface area contributed by atoms with Crippen LogP contribution >= 0.6 is 23.2 Å². The third-order valence-electron chi connectivity index (χ3n) is 4.78. The van der Waals surface area contributed by atoms with Gasteiger partial charge in [0.15, 0.2) is 9.84 Å². The van der Waals surface area contributed by atoms with Gasteiger partial charge in [0.05, 0.1) is 27.7 Å². The predicted octanol–water partition coefficient (Wildman–Crippen LogP) is 4.86. The number of halogens is 2. The Hall–Kier alpha value is -1.76. The number of unbranched alkanes of at least 4 members (excludes halogenated alkanes) is 1. The Morgan fingerprint density at radius 3 is 2.57 bits per heavy atom. The van der Waals surface area contributed by atoms with Crippen LogP contribution in [0.2, 0.25) is 10.0 Å². The van der Waals surface area contributed by atoms with E-state index >= 15 is 0 Å². The number of fused-ring (bicyclic) bond motifs is 1. The lowest BCUT2D eigenvalue weighted by Crippen LogP contribution is -2.26. The topological polar surface area (TPSA) is 72.5 Å². The maximum Gasteiger partial charge on any atom is 0.234 e. The van der Waals surface area contributed by atoms with Crippen molar-refractivity contribution in [1.82, 2.24) is 0 Å². The fourth-order valence-corrected chi connectivity index (χ4v) is 5.23. The van der Waals surface area contributed by atoms with Crippen LogP contribution in [0.1, 0.15) is 32.3 Å². The smallest absolute Gasteiger partial charge is 0.234 e. The van der Waals surface area contributed by atoms with E-state index in [1.807, 2.05) is 26.0 Å². The van der Waals surface area contributed by atoms with Crippen molar-refractivity contribution in [3.05, 3.63) is 52.0 Å². The molecular formula is C20H21Cl2NO4S. The lowest BCUT2D eigenvalue weighted by Gasteiger charge is -2.16. The number of amides is 1. The number of benzene rings is 2. The molecule has 2 aromatic carbocycles. The van der Waals surface area contributed by atoms with E-state index in [4.69, 9.17) is 27.9 Å². The number of rotatable bonds is 7. The molecule has 1 heterocycles. The molecule has 0 radical (unpaired) electrons. The van der Waals surface area contributed by atoms with E-state index in [1.165, 1.54) is 12.1 Å². The summed E-state index contributed by atoms with van der Waals surface area (Å²) in [6.45, 7) is 4.10. The monoisotopic (exact) mass is 441 g/mol. The van der Waals surface area contributed by atoms with Crippen molar-refractivity contribution in [2.24, 2.45) is 0 Å². The number of ether oxygens (including phenoxy) is 1. The van der Waals surface area contributed by atoms with Gasteiger partial charge in [0.2, 0.25) is 5.91 Å². The van der Waals surface area contributed by atoms with Crippen molar-refractivity contribution in [3.63, 3.8) is 0 Å². The summed E-state index contributed by atoms with van der Waals surface area (Å²) in [5, 5.41) is 3.35. The van der Waals surface area contributed by atoms with Crippen LogP contribution in [0.25, 0.3) is 0 Å². The third kappa shape index (κ3) is 4.29. The molecule has 0 unspecified atom stereocenters. The summed E-state index contributed by atoms with van der Waals surface area (Å²) in [6.07, 6.45) is 0.997. The highest BCUT2D eigenvalue weighted by Gasteiger charge is 2.38. The van der Waals surface area contributed by atoms with Gasteiger partial charge < -0.3 is 10.1 Å². The molecular weight excluding hydrogens is 421 g/mol. The fraction of sp³-hybridized carbons (Fsp3) is 0.350. The summed E-state index contributed by atoms with van der Waals surface area (Å²) in [4.78, 5) is 12.0. The van der Waals surface area contributed by atoms with E-state index in [1.54, 1.807) is 12.1 Å². The second-order valence-electron chi connectivity index (χ2n) is 7.24. The quantitative estimate of drug-likeness (QED) is 0.622. The van der Waals surface area contributed by atoms with Gasteiger partial charge in [-0.25, -0.2) is 8.42 Å². The van der Waals surface area contributed by atoms with E-state index in [9.17, 15) is 13.2 Å². The van der Waals surface area contributed by atoms with Crippen LogP contribution in [-0.2, 0) is 20.0 Å². The Morgan fingerprint density at radius 2 is 1.82 bits per heavy atom. The maximum atomic E-state index is 12.4. The van der Waals surface area contributed by atoms with Gasteiger partial charge in [0.1, 0.15) is 5.75 Å². The highest BCUT2D eigenvalue weighted by atomic mass is 35.5. The highest BCUT2D eigenvalue weighted by Crippen LogP contribution is 2.39. The Balaban J connectivity index is 1.54. The molecule has 0 aromatic heterocycles. The van der Waals surface area contributed by atoms with Crippen LogP contribution < -0.4 is 10.1 Å². The molecule has 1 N–H and O–H groups in total. The highest BCUT2D eigenvalue weighted by molar-refractivity contribution is 7.91. The van der Waals surface area contributed by atoms with Gasteiger partial charge in [-0.05, 0) is 68.7 Å². The maximum absolute atomic E-state index is 12.4. The number of nitrogens with one attached hydrogen (secondary N) is 1. The van der Waals surface area contributed by atoms with E-state index < -0.39 is 15.3 Å². The first-order chi connectivity index (χ1) is 13.1. The van der Waals surface area contributed by atoms with Gasteiger partial charge in [0.25, 0.3) is 0 Å². The van der Waals surface area contributed by atoms with E-state index in [0.717, 1.165) is 11.3 Å². The summed E-state index contributed by atoms with van der Waals surface area (Å²) >= 11 is 11.9. The number of sulfone groups is 1. The van der Waals surface area contributed by atoms with Crippen LogP contribution in [0.3, 0.4) is 0 Å². The average Bonchev–Trinajstić information content (AvgIpc) is 2.86. The minimum Gasteiger partial charge on any atom is -0.494 e. The summed E-state index contributed by atoms with van der Waals surface area (Å²) < 4.78 is 30.6. The van der Waals surface area contributed by atoms with Crippen molar-refractivity contribution >= 4 is 44.6 Å². The predicted molar refractivity (Wildman–Crippen MR) is 111 cm³/mol. The zero-order chi connectivity index (χ0) is 20.5. The largest absolute Gasteiger partial charge is 0.494 e. The standard InChI is InChI=1S/C20H21Cl2NO4S/c1-20(2)15-12-14(6-8-17(15)23-19(20)24)27-9-3-4-10-28(25,26)18-11-13(21)5-7-16(18)22/h5-8,11-12H,3-4,9-10H2,1-2H3,(H,23,24). The summed E-state index contributed by atoms with van der Waals surface area (Å²) in [5.74, 6) is 0.583. The molecule has 150 valence electrons. The SMILES string of the molecule is CC1(C)C(=O)Nc2ccc(OCCCCS(=O)(=O)c3cc(Cl)ccc3Cl)cc21. The van der Waals surface area contributed by atoms with Crippen LogP contribution in [0.4, 0.5) is 5.69 Å². The number of carbonyl (C=O) groups is 1. The molecule has 0 spiro atoms. The molecule has 0 aliphatic carbocycles. The zero-order valence-corrected chi connectivity index (χ0v) is 17.9. The lowest BCUT2D eigenvalue weighted by atomic mass is 9.86. The average molecular weight is 442 g/mol. The summed E-state index contributed by atoms with van der Waals surface area (Å²) in [6, 6.07) is 9.88. The molecule has 1 aliphatic heterocycles. The molecule has 8 heteroatoms. The van der Waals surface area contributed by atoms with Crippen molar-refractivity contribution in [2.75, 3.05) is 17.7 Å². The van der Waals surface area contributed by atoms with Crippen molar-refractivity contribution in [2.45, 2.75) is 37.0 Å². The Labute approximate surface area is 174 Å². The van der Waals surface area contributed by atoms with Gasteiger partial charge in [-0.3, -0.25) is 4.79 Å². The Kier molecular flexibility index (Phi) is 5.94. The fourth-order valence-electron chi connectivity index (χ4n) is 3.05. The van der Waals surface area contributed by atoms with Crippen molar-refractivity contribution < 1.29 is 17.9 Å². The molecule has 1 amide bonds. The van der Waals surface area contributed by atoms with Crippen LogP contribution in [0.5, 0.6) is 5.75 Å². The van der Waals surface area contributed by atoms with E-state index in [2.05, 4.69) is 5.32 Å². The molecule has 0 saturated heterocycles. The number of carbonyl (C=O) groups excluding carboxylic acids is 1. The molecule has 0 bridgehead atoms. The number of anilines is 1. The molecule has 0 fully saturated rings. The Bertz CT molecular complexity index is 1020. The summed E-state index contributed by atoms with van der Waals surface area (Å²) in [5.41, 5.74) is 1.10. The van der Waals surface area contributed by atoms with Gasteiger partial charge >= 0.3 is 0 Å². The summed E-state index contributed by atoms with van der Waals surface area (Å²) in [7, 11) is -3.51. The molecule has 0 atom stereocenters. The number of hydrogen-bond donors (Lipinski definition) is 1. The van der Waals surface area contributed by atoms with Crippen LogP contribution in [-0.4, -0.2) is 26.7 Å². The van der Waals surface area contributed by atoms with Crippen molar-refractivity contribution in [1.29, 1.82) is 0 Å². The van der Waals surface area contributed by atoms with Gasteiger partial charge in [0, 0.05) is 10.7 Å². The van der Waals surface area contributed by atoms with E-state index in [0.29, 0.717) is 30.2 Å². The molecule has 3 rings (SSSR count).